The van der Waals surface area contributed by atoms with Crippen molar-refractivity contribution in [1.29, 1.82) is 0 Å². The first-order valence-electron chi connectivity index (χ1n) is 4.14. The number of halogens is 1. The first-order valence-corrected chi connectivity index (χ1v) is 8.76. The van der Waals surface area contributed by atoms with E-state index in [1.807, 2.05) is 0 Å². The van der Waals surface area contributed by atoms with Crippen LogP contribution in [-0.4, -0.2) is 6.69 Å². The van der Waals surface area contributed by atoms with Crippen LogP contribution in [-0.2, 0) is 0 Å². The Labute approximate surface area is 74.0 Å². The van der Waals surface area contributed by atoms with Crippen molar-refractivity contribution in [3.8, 4) is 0 Å². The van der Waals surface area contributed by atoms with Crippen molar-refractivity contribution < 1.29 is 0 Å². The molecular weight excluding hydrogens is 204 g/mol. The van der Waals surface area contributed by atoms with Gasteiger partial charge in [-0.05, 0) is 17.1 Å². The monoisotopic (exact) mass is 222 g/mol. The molecule has 0 aromatic rings. The zero-order valence-corrected chi connectivity index (χ0v) is 10.3. The summed E-state index contributed by atoms with van der Waals surface area (Å²) in [7, 11) is 0. The molecular formula is C8H19BrSi. The summed E-state index contributed by atoms with van der Waals surface area (Å²) in [6.07, 6.45) is 0. The molecule has 0 amide bonds. The van der Waals surface area contributed by atoms with Crippen LogP contribution in [0.2, 0.25) is 17.1 Å². The maximum atomic E-state index is 3.95. The lowest BCUT2D eigenvalue weighted by Gasteiger charge is -2.31. The Morgan fingerprint density at radius 1 is 1.10 bits per heavy atom. The van der Waals surface area contributed by atoms with Crippen molar-refractivity contribution in [3.05, 3.63) is 0 Å². The minimum absolute atomic E-state index is 0.859. The van der Waals surface area contributed by atoms with Gasteiger partial charge >= 0.3 is 0 Å². The van der Waals surface area contributed by atoms with Gasteiger partial charge < -0.3 is 0 Å². The largest absolute Gasteiger partial charge is 0.135 e. The molecule has 0 aliphatic heterocycles. The first-order chi connectivity index (χ1) is 4.45. The second-order valence-corrected chi connectivity index (χ2v) is 12.9. The van der Waals surface area contributed by atoms with Crippen LogP contribution in [0.1, 0.15) is 34.6 Å². The van der Waals surface area contributed by atoms with Gasteiger partial charge in [0.05, 0.1) is 0 Å². The fourth-order valence-electron chi connectivity index (χ4n) is 1.48. The third kappa shape index (κ3) is 2.09. The van der Waals surface area contributed by atoms with Crippen molar-refractivity contribution in [2.24, 2.45) is 0 Å². The van der Waals surface area contributed by atoms with Crippen LogP contribution in [0.25, 0.3) is 0 Å². The molecule has 0 radical (unpaired) electrons. The van der Waals surface area contributed by atoms with Crippen LogP contribution in [0.5, 0.6) is 0 Å². The molecule has 0 unspecified atom stereocenters. The molecule has 0 atom stereocenters. The van der Waals surface area contributed by atoms with Crippen molar-refractivity contribution in [2.75, 3.05) is 0 Å². The van der Waals surface area contributed by atoms with Gasteiger partial charge in [-0.2, -0.15) is 0 Å². The summed E-state index contributed by atoms with van der Waals surface area (Å²) >= 11 is 3.95. The fraction of sp³-hybridized carbons (Fsp3) is 1.00. The lowest BCUT2D eigenvalue weighted by molar-refractivity contribution is 0.915. The normalized spacial score (nSPS) is 13.2. The Bertz CT molecular complexity index is 91.4. The average Bonchev–Trinajstić information content (AvgIpc) is 1.85. The topological polar surface area (TPSA) is 0 Å². The molecule has 0 fully saturated rings. The molecule has 0 rings (SSSR count). The molecule has 62 valence electrons. The molecule has 0 aliphatic rings. The van der Waals surface area contributed by atoms with E-state index in [1.54, 1.807) is 0 Å². The highest BCUT2D eigenvalue weighted by molar-refractivity contribution is 9.26. The Kier molecular flexibility index (Phi) is 4.18. The third-order valence-electron chi connectivity index (χ3n) is 2.46. The highest BCUT2D eigenvalue weighted by Gasteiger charge is 2.34. The lowest BCUT2D eigenvalue weighted by Crippen LogP contribution is -2.32. The lowest BCUT2D eigenvalue weighted by atomic mass is 10.5. The van der Waals surface area contributed by atoms with Gasteiger partial charge in [0.15, 0.2) is 0 Å². The highest BCUT2D eigenvalue weighted by atomic mass is 79.9. The molecule has 0 heterocycles. The first kappa shape index (κ1) is 10.7. The second-order valence-electron chi connectivity index (χ2n) is 3.59. The quantitative estimate of drug-likeness (QED) is 0.497. The van der Waals surface area contributed by atoms with Gasteiger partial charge in [-0.1, -0.05) is 34.6 Å². The standard InChI is InChI=1S/C8H19BrSi/c1-6-10(9,7(2)3)8(4)5/h7-8H,6H2,1-5H3. The summed E-state index contributed by atoms with van der Waals surface area (Å²) in [6, 6.07) is 1.35. The second kappa shape index (κ2) is 3.91. The van der Waals surface area contributed by atoms with Crippen LogP contribution in [0.15, 0.2) is 0 Å². The predicted octanol–water partition coefficient (Wildman–Crippen LogP) is 4.17. The number of hydrogen-bond donors (Lipinski definition) is 0. The van der Waals surface area contributed by atoms with Gasteiger partial charge in [0, 0.05) is 0 Å². The van der Waals surface area contributed by atoms with E-state index in [-0.39, 0.29) is 0 Å². The van der Waals surface area contributed by atoms with E-state index in [1.165, 1.54) is 6.04 Å². The minimum Gasteiger partial charge on any atom is -0.126 e. The van der Waals surface area contributed by atoms with Crippen molar-refractivity contribution in [3.63, 3.8) is 0 Å². The Hall–Kier alpha value is 0.697. The van der Waals surface area contributed by atoms with E-state index in [2.05, 4.69) is 49.9 Å². The van der Waals surface area contributed by atoms with Gasteiger partial charge in [0.25, 0.3) is 0 Å². The molecule has 0 nitrogen and oxygen atoms in total. The molecule has 0 bridgehead atoms. The Morgan fingerprint density at radius 3 is 1.40 bits per heavy atom. The van der Waals surface area contributed by atoms with E-state index in [9.17, 15) is 0 Å². The molecule has 0 aromatic carbocycles. The van der Waals surface area contributed by atoms with Crippen LogP contribution in [0.3, 0.4) is 0 Å². The summed E-state index contributed by atoms with van der Waals surface area (Å²) in [6.45, 7) is 10.6. The molecule has 0 N–H and O–H groups in total. The van der Waals surface area contributed by atoms with E-state index in [0.29, 0.717) is 0 Å². The zero-order chi connectivity index (χ0) is 8.36. The maximum Gasteiger partial charge on any atom is 0.135 e. The fourth-order valence-corrected chi connectivity index (χ4v) is 4.45. The summed E-state index contributed by atoms with van der Waals surface area (Å²) in [5.74, 6) is 0. The molecule has 0 aromatic heterocycles. The number of rotatable bonds is 3. The van der Waals surface area contributed by atoms with E-state index in [4.69, 9.17) is 0 Å². The third-order valence-corrected chi connectivity index (χ3v) is 14.6. The van der Waals surface area contributed by atoms with Crippen LogP contribution >= 0.6 is 15.3 Å². The Balaban J connectivity index is 4.23. The summed E-state index contributed by atoms with van der Waals surface area (Å²) < 4.78 is 0. The summed E-state index contributed by atoms with van der Waals surface area (Å²) in [5, 5.41) is 0. The van der Waals surface area contributed by atoms with Gasteiger partial charge in [-0.15, -0.1) is 15.3 Å². The van der Waals surface area contributed by atoms with Crippen LogP contribution < -0.4 is 0 Å². The van der Waals surface area contributed by atoms with Crippen LogP contribution in [0.4, 0.5) is 0 Å². The van der Waals surface area contributed by atoms with E-state index < -0.39 is 6.69 Å². The SMILES string of the molecule is CC[Si](Br)(C(C)C)C(C)C. The van der Waals surface area contributed by atoms with E-state index in [0.717, 1.165) is 11.1 Å². The molecule has 0 spiro atoms. The summed E-state index contributed by atoms with van der Waals surface area (Å²) in [5.41, 5.74) is 1.72. The van der Waals surface area contributed by atoms with Crippen molar-refractivity contribution >= 4 is 22.0 Å². The molecule has 0 aliphatic carbocycles. The average molecular weight is 223 g/mol. The molecule has 0 saturated carbocycles. The number of hydrogen-bond acceptors (Lipinski definition) is 0. The van der Waals surface area contributed by atoms with E-state index >= 15 is 0 Å². The molecule has 2 heteroatoms. The van der Waals surface area contributed by atoms with Crippen LogP contribution in [0, 0.1) is 0 Å². The highest BCUT2D eigenvalue weighted by Crippen LogP contribution is 2.40. The molecule has 0 saturated heterocycles. The smallest absolute Gasteiger partial charge is 0.126 e. The van der Waals surface area contributed by atoms with Crippen molar-refractivity contribution in [2.45, 2.75) is 51.7 Å². The molecule has 10 heavy (non-hydrogen) atoms. The van der Waals surface area contributed by atoms with Gasteiger partial charge in [-0.3, -0.25) is 0 Å². The van der Waals surface area contributed by atoms with Crippen molar-refractivity contribution in [1.82, 2.24) is 0 Å². The Morgan fingerprint density at radius 2 is 1.40 bits per heavy atom. The summed E-state index contributed by atoms with van der Waals surface area (Å²) in [4.78, 5) is 0. The van der Waals surface area contributed by atoms with Gasteiger partial charge in [-0.25, -0.2) is 0 Å². The van der Waals surface area contributed by atoms with Gasteiger partial charge in [0.2, 0.25) is 0 Å². The maximum absolute atomic E-state index is 3.95. The predicted molar refractivity (Wildman–Crippen MR) is 55.4 cm³/mol. The minimum atomic E-state index is -1.07. The zero-order valence-electron chi connectivity index (χ0n) is 7.74. The van der Waals surface area contributed by atoms with Gasteiger partial charge in [0.1, 0.15) is 6.69 Å².